The molecule has 0 saturated heterocycles. The average molecular weight is 293 g/mol. The minimum absolute atomic E-state index is 0.0412. The van der Waals surface area contributed by atoms with Gasteiger partial charge in [-0.25, -0.2) is 4.68 Å². The molecule has 1 aromatic heterocycles. The minimum atomic E-state index is -0.0412. The second-order valence-corrected chi connectivity index (χ2v) is 4.92. The zero-order valence-corrected chi connectivity index (χ0v) is 12.3. The molecule has 1 amide bonds. The normalized spacial score (nSPS) is 10.6. The van der Waals surface area contributed by atoms with Crippen molar-refractivity contribution in [2.75, 3.05) is 27.2 Å². The molecule has 5 nitrogen and oxygen atoms in total. The number of amides is 1. The van der Waals surface area contributed by atoms with E-state index in [-0.39, 0.29) is 5.91 Å². The standard InChI is InChI=1S/C14H17ClN4O/c1-16-7-8-18(2)14(20)11-9-17-19(10-11)13-5-3-12(15)4-6-13/h3-6,9-10,16H,7-8H2,1-2H3. The molecule has 0 fully saturated rings. The molecule has 0 spiro atoms. The third-order valence-electron chi connectivity index (χ3n) is 2.96. The van der Waals surface area contributed by atoms with Crippen molar-refractivity contribution in [3.8, 4) is 5.69 Å². The van der Waals surface area contributed by atoms with Crippen LogP contribution in [0.1, 0.15) is 10.4 Å². The first-order valence-electron chi connectivity index (χ1n) is 6.32. The van der Waals surface area contributed by atoms with Gasteiger partial charge < -0.3 is 10.2 Å². The van der Waals surface area contributed by atoms with E-state index in [1.807, 2.05) is 19.2 Å². The number of hydrogen-bond donors (Lipinski definition) is 1. The first kappa shape index (κ1) is 14.6. The van der Waals surface area contributed by atoms with Gasteiger partial charge in [-0.2, -0.15) is 5.10 Å². The summed E-state index contributed by atoms with van der Waals surface area (Å²) in [6.45, 7) is 1.41. The van der Waals surface area contributed by atoms with Gasteiger partial charge >= 0.3 is 0 Å². The zero-order valence-electron chi connectivity index (χ0n) is 11.5. The first-order chi connectivity index (χ1) is 9.61. The Kier molecular flexibility index (Phi) is 4.76. The molecule has 2 rings (SSSR count). The second-order valence-electron chi connectivity index (χ2n) is 4.48. The SMILES string of the molecule is CNCCN(C)C(=O)c1cnn(-c2ccc(Cl)cc2)c1. The molecule has 1 heterocycles. The fourth-order valence-corrected chi connectivity index (χ4v) is 1.90. The number of aromatic nitrogens is 2. The molecule has 0 radical (unpaired) electrons. The van der Waals surface area contributed by atoms with Gasteiger partial charge in [-0.1, -0.05) is 11.6 Å². The second kappa shape index (κ2) is 6.54. The third kappa shape index (κ3) is 3.37. The maximum absolute atomic E-state index is 12.2. The van der Waals surface area contributed by atoms with E-state index in [1.54, 1.807) is 41.2 Å². The van der Waals surface area contributed by atoms with Crippen molar-refractivity contribution in [1.82, 2.24) is 20.0 Å². The Labute approximate surface area is 123 Å². The van der Waals surface area contributed by atoms with Crippen LogP contribution in [0, 0.1) is 0 Å². The summed E-state index contributed by atoms with van der Waals surface area (Å²) in [5, 5.41) is 7.89. The smallest absolute Gasteiger partial charge is 0.256 e. The highest BCUT2D eigenvalue weighted by Crippen LogP contribution is 2.13. The topological polar surface area (TPSA) is 50.2 Å². The van der Waals surface area contributed by atoms with E-state index >= 15 is 0 Å². The van der Waals surface area contributed by atoms with Gasteiger partial charge in [-0.05, 0) is 31.3 Å². The minimum Gasteiger partial charge on any atom is -0.340 e. The lowest BCUT2D eigenvalue weighted by Gasteiger charge is -2.15. The Morgan fingerprint density at radius 3 is 2.75 bits per heavy atom. The van der Waals surface area contributed by atoms with Gasteiger partial charge in [0.05, 0.1) is 17.4 Å². The van der Waals surface area contributed by atoms with Crippen LogP contribution in [-0.4, -0.2) is 47.8 Å². The van der Waals surface area contributed by atoms with Crippen molar-refractivity contribution in [2.45, 2.75) is 0 Å². The number of nitrogens with one attached hydrogen (secondary N) is 1. The lowest BCUT2D eigenvalue weighted by molar-refractivity contribution is 0.0797. The van der Waals surface area contributed by atoms with Gasteiger partial charge in [0.15, 0.2) is 0 Å². The molecule has 2 aromatic rings. The molecule has 20 heavy (non-hydrogen) atoms. The predicted molar refractivity (Wildman–Crippen MR) is 79.5 cm³/mol. The molecule has 0 aliphatic carbocycles. The summed E-state index contributed by atoms with van der Waals surface area (Å²) in [5.41, 5.74) is 1.44. The monoisotopic (exact) mass is 292 g/mol. The van der Waals surface area contributed by atoms with Crippen molar-refractivity contribution in [1.29, 1.82) is 0 Å². The van der Waals surface area contributed by atoms with Gasteiger partial charge in [-0.15, -0.1) is 0 Å². The zero-order chi connectivity index (χ0) is 14.5. The number of halogens is 1. The highest BCUT2D eigenvalue weighted by atomic mass is 35.5. The summed E-state index contributed by atoms with van der Waals surface area (Å²) < 4.78 is 1.66. The molecule has 0 aliphatic rings. The Bertz CT molecular complexity index is 579. The van der Waals surface area contributed by atoms with Crippen LogP contribution in [0.2, 0.25) is 5.02 Å². The summed E-state index contributed by atoms with van der Waals surface area (Å²) >= 11 is 5.85. The molecule has 1 aromatic carbocycles. The molecule has 1 N–H and O–H groups in total. The molecule has 0 saturated carbocycles. The van der Waals surface area contributed by atoms with E-state index in [2.05, 4.69) is 10.4 Å². The Hall–Kier alpha value is -1.85. The van der Waals surface area contributed by atoms with Crippen molar-refractivity contribution in [3.05, 3.63) is 47.2 Å². The average Bonchev–Trinajstić information content (AvgIpc) is 2.94. The molecule has 0 bridgehead atoms. The van der Waals surface area contributed by atoms with Crippen molar-refractivity contribution < 1.29 is 4.79 Å². The molecular formula is C14H17ClN4O. The van der Waals surface area contributed by atoms with Gasteiger partial charge in [0.25, 0.3) is 5.91 Å². The van der Waals surface area contributed by atoms with Crippen molar-refractivity contribution >= 4 is 17.5 Å². The summed E-state index contributed by atoms with van der Waals surface area (Å²) in [6, 6.07) is 7.29. The van der Waals surface area contributed by atoms with Gasteiger partial charge in [0, 0.05) is 31.4 Å². The Morgan fingerprint density at radius 2 is 2.10 bits per heavy atom. The van der Waals surface area contributed by atoms with E-state index in [1.165, 1.54) is 0 Å². The van der Waals surface area contributed by atoms with E-state index < -0.39 is 0 Å². The maximum atomic E-state index is 12.2. The number of carbonyl (C=O) groups excluding carboxylic acids is 1. The number of nitrogens with zero attached hydrogens (tertiary/aromatic N) is 3. The highest BCUT2D eigenvalue weighted by molar-refractivity contribution is 6.30. The first-order valence-corrected chi connectivity index (χ1v) is 6.70. The van der Waals surface area contributed by atoms with Crippen LogP contribution in [0.4, 0.5) is 0 Å². The van der Waals surface area contributed by atoms with E-state index in [4.69, 9.17) is 11.6 Å². The lowest BCUT2D eigenvalue weighted by Crippen LogP contribution is -2.32. The fourth-order valence-electron chi connectivity index (χ4n) is 1.77. The molecule has 6 heteroatoms. The lowest BCUT2D eigenvalue weighted by atomic mass is 10.3. The Balaban J connectivity index is 2.12. The van der Waals surface area contributed by atoms with E-state index in [9.17, 15) is 4.79 Å². The molecule has 0 atom stereocenters. The van der Waals surface area contributed by atoms with Crippen molar-refractivity contribution in [2.24, 2.45) is 0 Å². The number of benzene rings is 1. The van der Waals surface area contributed by atoms with Crippen LogP contribution < -0.4 is 5.32 Å². The fraction of sp³-hybridized carbons (Fsp3) is 0.286. The quantitative estimate of drug-likeness (QED) is 0.914. The summed E-state index contributed by atoms with van der Waals surface area (Å²) in [5.74, 6) is -0.0412. The van der Waals surface area contributed by atoms with Crippen LogP contribution >= 0.6 is 11.6 Å². The Morgan fingerprint density at radius 1 is 1.40 bits per heavy atom. The number of carbonyl (C=O) groups is 1. The number of rotatable bonds is 5. The van der Waals surface area contributed by atoms with E-state index in [0.717, 1.165) is 12.2 Å². The molecular weight excluding hydrogens is 276 g/mol. The van der Waals surface area contributed by atoms with Crippen LogP contribution in [0.25, 0.3) is 5.69 Å². The summed E-state index contributed by atoms with van der Waals surface area (Å²) in [6.07, 6.45) is 3.30. The largest absolute Gasteiger partial charge is 0.340 e. The van der Waals surface area contributed by atoms with Crippen LogP contribution in [0.3, 0.4) is 0 Å². The van der Waals surface area contributed by atoms with Crippen LogP contribution in [-0.2, 0) is 0 Å². The third-order valence-corrected chi connectivity index (χ3v) is 3.22. The maximum Gasteiger partial charge on any atom is 0.256 e. The number of hydrogen-bond acceptors (Lipinski definition) is 3. The number of likely N-dealkylation sites (N-methyl/N-ethyl adjacent to an activating group) is 2. The highest BCUT2D eigenvalue weighted by Gasteiger charge is 2.13. The van der Waals surface area contributed by atoms with Gasteiger partial charge in [0.1, 0.15) is 0 Å². The van der Waals surface area contributed by atoms with Crippen molar-refractivity contribution in [3.63, 3.8) is 0 Å². The van der Waals surface area contributed by atoms with Crippen LogP contribution in [0.5, 0.6) is 0 Å². The van der Waals surface area contributed by atoms with Gasteiger partial charge in [-0.3, -0.25) is 4.79 Å². The molecule has 106 valence electrons. The molecule has 0 unspecified atom stereocenters. The van der Waals surface area contributed by atoms with E-state index in [0.29, 0.717) is 17.1 Å². The summed E-state index contributed by atoms with van der Waals surface area (Å²) in [7, 11) is 3.64. The summed E-state index contributed by atoms with van der Waals surface area (Å²) in [4.78, 5) is 13.8. The predicted octanol–water partition coefficient (Wildman–Crippen LogP) is 1.82. The van der Waals surface area contributed by atoms with Gasteiger partial charge in [0.2, 0.25) is 0 Å². The molecule has 0 aliphatic heterocycles. The van der Waals surface area contributed by atoms with Crippen LogP contribution in [0.15, 0.2) is 36.7 Å².